The van der Waals surface area contributed by atoms with Crippen molar-refractivity contribution in [2.24, 2.45) is 5.73 Å². The minimum absolute atomic E-state index is 0.136. The van der Waals surface area contributed by atoms with E-state index in [1.54, 1.807) is 12.1 Å². The topological polar surface area (TPSA) is 98.2 Å². The monoisotopic (exact) mass is 253 g/mol. The lowest BCUT2D eigenvalue weighted by atomic mass is 10.2. The summed E-state index contributed by atoms with van der Waals surface area (Å²) in [6.07, 6.45) is 0. The highest BCUT2D eigenvalue weighted by molar-refractivity contribution is 8.00. The predicted molar refractivity (Wildman–Crippen MR) is 70.7 cm³/mol. The molecule has 0 spiro atoms. The van der Waals surface area contributed by atoms with E-state index in [4.69, 9.17) is 11.5 Å². The van der Waals surface area contributed by atoms with Gasteiger partial charge in [-0.05, 0) is 24.6 Å². The average Bonchev–Trinajstić information content (AvgIpc) is 2.21. The van der Waals surface area contributed by atoms with E-state index in [0.29, 0.717) is 11.4 Å². The van der Waals surface area contributed by atoms with E-state index >= 15 is 0 Å². The number of benzene rings is 1. The Morgan fingerprint density at radius 1 is 1.35 bits per heavy atom. The van der Waals surface area contributed by atoms with E-state index in [-0.39, 0.29) is 17.4 Å². The zero-order valence-corrected chi connectivity index (χ0v) is 10.3. The van der Waals surface area contributed by atoms with Gasteiger partial charge in [0.2, 0.25) is 11.8 Å². The fraction of sp³-hybridized carbons (Fsp3) is 0.273. The summed E-state index contributed by atoms with van der Waals surface area (Å²) in [5.74, 6) is -0.322. The molecule has 5 N–H and O–H groups in total. The van der Waals surface area contributed by atoms with Crippen molar-refractivity contribution >= 4 is 35.0 Å². The van der Waals surface area contributed by atoms with Gasteiger partial charge < -0.3 is 16.8 Å². The van der Waals surface area contributed by atoms with Crippen LogP contribution in [-0.2, 0) is 9.59 Å². The fourth-order valence-corrected chi connectivity index (χ4v) is 1.79. The number of carbonyl (C=O) groups excluding carboxylic acids is 2. The molecule has 0 aliphatic carbocycles. The third kappa shape index (κ3) is 4.78. The number of nitrogens with two attached hydrogens (primary N) is 2. The van der Waals surface area contributed by atoms with Crippen molar-refractivity contribution in [3.8, 4) is 0 Å². The van der Waals surface area contributed by atoms with E-state index in [2.05, 4.69) is 5.32 Å². The summed E-state index contributed by atoms with van der Waals surface area (Å²) >= 11 is 1.17. The van der Waals surface area contributed by atoms with Crippen LogP contribution in [0.5, 0.6) is 0 Å². The minimum Gasteiger partial charge on any atom is -0.397 e. The molecule has 0 aliphatic heterocycles. The predicted octanol–water partition coefficient (Wildman–Crippen LogP) is 0.734. The van der Waals surface area contributed by atoms with Gasteiger partial charge in [0.25, 0.3) is 0 Å². The second-order valence-electron chi connectivity index (χ2n) is 3.60. The van der Waals surface area contributed by atoms with Gasteiger partial charge in [-0.1, -0.05) is 6.07 Å². The van der Waals surface area contributed by atoms with E-state index in [9.17, 15) is 9.59 Å². The van der Waals surface area contributed by atoms with Crippen LogP contribution >= 0.6 is 11.8 Å². The maximum atomic E-state index is 11.5. The summed E-state index contributed by atoms with van der Waals surface area (Å²) in [6.45, 7) is 1.92. The van der Waals surface area contributed by atoms with Gasteiger partial charge >= 0.3 is 0 Å². The van der Waals surface area contributed by atoms with Gasteiger partial charge in [0.15, 0.2) is 0 Å². The molecule has 0 bridgehead atoms. The first-order valence-corrected chi connectivity index (χ1v) is 6.16. The lowest BCUT2D eigenvalue weighted by Gasteiger charge is -2.08. The summed E-state index contributed by atoms with van der Waals surface area (Å²) < 4.78 is 0. The molecule has 0 aromatic heterocycles. The molecule has 92 valence electrons. The zero-order chi connectivity index (χ0) is 12.8. The Bertz CT molecular complexity index is 435. The Morgan fingerprint density at radius 2 is 2.06 bits per heavy atom. The van der Waals surface area contributed by atoms with Crippen LogP contribution in [0.4, 0.5) is 11.4 Å². The van der Waals surface area contributed by atoms with Crippen molar-refractivity contribution in [2.45, 2.75) is 6.92 Å². The highest BCUT2D eigenvalue weighted by Crippen LogP contribution is 2.19. The number of thioether (sulfide) groups is 1. The number of primary amides is 1. The van der Waals surface area contributed by atoms with Gasteiger partial charge in [0.1, 0.15) is 0 Å². The molecule has 1 rings (SSSR count). The Labute approximate surface area is 104 Å². The van der Waals surface area contributed by atoms with Crippen molar-refractivity contribution in [3.63, 3.8) is 0 Å². The molecule has 2 amide bonds. The standard InChI is InChI=1S/C11H15N3O2S/c1-7-2-3-9(8(12)4-7)14-11(16)6-17-5-10(13)15/h2-4H,5-6,12H2,1H3,(H2,13,15)(H,14,16). The Hall–Kier alpha value is -1.69. The van der Waals surface area contributed by atoms with Crippen molar-refractivity contribution in [2.75, 3.05) is 22.6 Å². The molecule has 1 aromatic carbocycles. The van der Waals surface area contributed by atoms with E-state index < -0.39 is 5.91 Å². The number of nitrogens with one attached hydrogen (secondary N) is 1. The van der Waals surface area contributed by atoms with Crippen molar-refractivity contribution < 1.29 is 9.59 Å². The third-order valence-electron chi connectivity index (χ3n) is 1.96. The van der Waals surface area contributed by atoms with Crippen molar-refractivity contribution in [1.82, 2.24) is 0 Å². The van der Waals surface area contributed by atoms with Gasteiger partial charge in [0, 0.05) is 0 Å². The number of amides is 2. The second kappa shape index (κ2) is 6.15. The van der Waals surface area contributed by atoms with Crippen LogP contribution in [-0.4, -0.2) is 23.3 Å². The average molecular weight is 253 g/mol. The Morgan fingerprint density at radius 3 is 2.65 bits per heavy atom. The number of anilines is 2. The van der Waals surface area contributed by atoms with Gasteiger partial charge in [-0.15, -0.1) is 11.8 Å². The van der Waals surface area contributed by atoms with Crippen LogP contribution in [0.1, 0.15) is 5.56 Å². The molecule has 6 heteroatoms. The smallest absolute Gasteiger partial charge is 0.234 e. The molecule has 0 atom stereocenters. The number of carbonyl (C=O) groups is 2. The molecule has 0 saturated heterocycles. The normalized spacial score (nSPS) is 9.94. The minimum atomic E-state index is -0.433. The van der Waals surface area contributed by atoms with Gasteiger partial charge in [-0.3, -0.25) is 9.59 Å². The van der Waals surface area contributed by atoms with Crippen LogP contribution in [0.25, 0.3) is 0 Å². The van der Waals surface area contributed by atoms with E-state index in [0.717, 1.165) is 5.56 Å². The van der Waals surface area contributed by atoms with Gasteiger partial charge in [0.05, 0.1) is 22.9 Å². The van der Waals surface area contributed by atoms with Crippen molar-refractivity contribution in [1.29, 1.82) is 0 Å². The SMILES string of the molecule is Cc1ccc(NC(=O)CSCC(N)=O)c(N)c1. The van der Waals surface area contributed by atoms with E-state index in [1.165, 1.54) is 11.8 Å². The quantitative estimate of drug-likeness (QED) is 0.674. The maximum absolute atomic E-state index is 11.5. The number of hydrogen-bond donors (Lipinski definition) is 3. The second-order valence-corrected chi connectivity index (χ2v) is 4.58. The highest BCUT2D eigenvalue weighted by Gasteiger charge is 2.06. The highest BCUT2D eigenvalue weighted by atomic mass is 32.2. The number of aryl methyl sites for hydroxylation is 1. The lowest BCUT2D eigenvalue weighted by molar-refractivity contribution is -0.115. The van der Waals surface area contributed by atoms with Crippen LogP contribution in [0.2, 0.25) is 0 Å². The number of rotatable bonds is 5. The molecule has 0 radical (unpaired) electrons. The van der Waals surface area contributed by atoms with Crippen LogP contribution in [0.3, 0.4) is 0 Å². The lowest BCUT2D eigenvalue weighted by Crippen LogP contribution is -2.18. The van der Waals surface area contributed by atoms with E-state index in [1.807, 2.05) is 13.0 Å². The Balaban J connectivity index is 2.48. The van der Waals surface area contributed by atoms with Crippen LogP contribution < -0.4 is 16.8 Å². The Kier molecular flexibility index (Phi) is 4.84. The zero-order valence-electron chi connectivity index (χ0n) is 9.53. The summed E-state index contributed by atoms with van der Waals surface area (Å²) in [6, 6.07) is 5.40. The molecule has 5 nitrogen and oxygen atoms in total. The summed E-state index contributed by atoms with van der Waals surface area (Å²) in [5, 5.41) is 2.67. The molecule has 0 aliphatic rings. The molecule has 0 fully saturated rings. The van der Waals surface area contributed by atoms with Gasteiger partial charge in [-0.2, -0.15) is 0 Å². The molecule has 17 heavy (non-hydrogen) atoms. The van der Waals surface area contributed by atoms with Crippen LogP contribution in [0.15, 0.2) is 18.2 Å². The molecule has 0 heterocycles. The molecular formula is C11H15N3O2S. The molecule has 1 aromatic rings. The number of nitrogen functional groups attached to an aromatic ring is 1. The summed E-state index contributed by atoms with van der Waals surface area (Å²) in [5.41, 5.74) is 12.9. The first-order chi connectivity index (χ1) is 7.99. The summed E-state index contributed by atoms with van der Waals surface area (Å²) in [4.78, 5) is 22.0. The fourth-order valence-electron chi connectivity index (χ4n) is 1.23. The largest absolute Gasteiger partial charge is 0.397 e. The molecule has 0 saturated carbocycles. The van der Waals surface area contributed by atoms with Crippen LogP contribution in [0, 0.1) is 6.92 Å². The molecular weight excluding hydrogens is 238 g/mol. The summed E-state index contributed by atoms with van der Waals surface area (Å²) in [7, 11) is 0. The number of hydrogen-bond acceptors (Lipinski definition) is 4. The molecule has 0 unspecified atom stereocenters. The van der Waals surface area contributed by atoms with Crippen molar-refractivity contribution in [3.05, 3.63) is 23.8 Å². The first-order valence-electron chi connectivity index (χ1n) is 5.01. The maximum Gasteiger partial charge on any atom is 0.234 e. The first kappa shape index (κ1) is 13.4. The third-order valence-corrected chi connectivity index (χ3v) is 2.91. The van der Waals surface area contributed by atoms with Gasteiger partial charge in [-0.25, -0.2) is 0 Å².